The van der Waals surface area contributed by atoms with Gasteiger partial charge in [0, 0.05) is 39.8 Å². The highest BCUT2D eigenvalue weighted by molar-refractivity contribution is 7.22. The maximum Gasteiger partial charge on any atom is 0.243 e. The average molecular weight is 439 g/mol. The first-order valence-corrected chi connectivity index (χ1v) is 11.6. The Balaban J connectivity index is 1.50. The van der Waals surface area contributed by atoms with Crippen molar-refractivity contribution in [1.82, 2.24) is 14.8 Å². The van der Waals surface area contributed by atoms with Gasteiger partial charge in [-0.05, 0) is 24.1 Å². The van der Waals surface area contributed by atoms with Gasteiger partial charge in [-0.2, -0.15) is 0 Å². The third-order valence-corrected chi connectivity index (χ3v) is 6.80. The zero-order valence-corrected chi connectivity index (χ0v) is 19.1. The van der Waals surface area contributed by atoms with Gasteiger partial charge >= 0.3 is 0 Å². The van der Waals surface area contributed by atoms with Crippen molar-refractivity contribution in [3.63, 3.8) is 0 Å². The molecule has 0 saturated carbocycles. The van der Waals surface area contributed by atoms with Crippen molar-refractivity contribution in [3.05, 3.63) is 59.7 Å². The van der Waals surface area contributed by atoms with Crippen molar-refractivity contribution in [2.75, 3.05) is 57.9 Å². The van der Waals surface area contributed by atoms with Crippen LogP contribution in [0.25, 0.3) is 10.2 Å². The number of benzene rings is 2. The van der Waals surface area contributed by atoms with Crippen LogP contribution < -0.4 is 4.90 Å². The van der Waals surface area contributed by atoms with E-state index in [1.165, 1.54) is 0 Å². The highest BCUT2D eigenvalue weighted by Crippen LogP contribution is 2.31. The minimum atomic E-state index is 0.103. The Kier molecular flexibility index (Phi) is 7.29. The van der Waals surface area contributed by atoms with Crippen molar-refractivity contribution in [1.29, 1.82) is 0 Å². The Bertz CT molecular complexity index is 999. The van der Waals surface area contributed by atoms with E-state index in [2.05, 4.69) is 41.0 Å². The van der Waals surface area contributed by atoms with Gasteiger partial charge < -0.3 is 4.74 Å². The smallest absolute Gasteiger partial charge is 0.243 e. The number of anilines is 1. The number of amides is 1. The van der Waals surface area contributed by atoms with E-state index in [1.807, 2.05) is 29.2 Å². The molecule has 0 spiro atoms. The van der Waals surface area contributed by atoms with Gasteiger partial charge in [-0.15, -0.1) is 0 Å². The van der Waals surface area contributed by atoms with Crippen LogP contribution in [0.4, 0.5) is 5.13 Å². The number of aryl methyl sites for hydroxylation is 1. The molecule has 1 aliphatic rings. The number of carbonyl (C=O) groups excluding carboxylic acids is 1. The predicted octanol–water partition coefficient (Wildman–Crippen LogP) is 3.40. The molecule has 0 atom stereocenters. The van der Waals surface area contributed by atoms with E-state index < -0.39 is 0 Å². The standard InChI is InChI=1S/C24H30N4O2S/c1-19-7-6-10-21-23(19)25-24(31-21)28(17-20-8-4-3-5-9-20)22(29)18-27-13-11-26(12-14-27)15-16-30-2/h3-10H,11-18H2,1-2H3. The summed E-state index contributed by atoms with van der Waals surface area (Å²) in [6.07, 6.45) is 0. The molecule has 3 aromatic rings. The minimum absolute atomic E-state index is 0.103. The first-order valence-electron chi connectivity index (χ1n) is 10.8. The lowest BCUT2D eigenvalue weighted by molar-refractivity contribution is -0.120. The minimum Gasteiger partial charge on any atom is -0.383 e. The first-order chi connectivity index (χ1) is 15.1. The predicted molar refractivity (Wildman–Crippen MR) is 127 cm³/mol. The van der Waals surface area contributed by atoms with E-state index >= 15 is 0 Å². The highest BCUT2D eigenvalue weighted by atomic mass is 32.1. The van der Waals surface area contributed by atoms with Crippen LogP contribution in [0, 0.1) is 6.92 Å². The van der Waals surface area contributed by atoms with Crippen LogP contribution in [0.1, 0.15) is 11.1 Å². The molecule has 1 aliphatic heterocycles. The highest BCUT2D eigenvalue weighted by Gasteiger charge is 2.25. The number of carbonyl (C=O) groups is 1. The second-order valence-corrected chi connectivity index (χ2v) is 9.00. The number of hydrogen-bond acceptors (Lipinski definition) is 6. The van der Waals surface area contributed by atoms with Crippen LogP contribution >= 0.6 is 11.3 Å². The summed E-state index contributed by atoms with van der Waals surface area (Å²) in [5, 5.41) is 0.775. The van der Waals surface area contributed by atoms with Crippen LogP contribution in [0.2, 0.25) is 0 Å². The second-order valence-electron chi connectivity index (χ2n) is 7.99. The Hall–Kier alpha value is -2.32. The number of hydrogen-bond donors (Lipinski definition) is 0. The number of methoxy groups -OCH3 is 1. The number of rotatable bonds is 8. The van der Waals surface area contributed by atoms with Gasteiger partial charge in [-0.1, -0.05) is 53.8 Å². The van der Waals surface area contributed by atoms with E-state index in [-0.39, 0.29) is 5.91 Å². The zero-order chi connectivity index (χ0) is 21.6. The monoisotopic (exact) mass is 438 g/mol. The molecule has 2 heterocycles. The van der Waals surface area contributed by atoms with Crippen molar-refractivity contribution in [3.8, 4) is 0 Å². The lowest BCUT2D eigenvalue weighted by Gasteiger charge is -2.35. The fourth-order valence-electron chi connectivity index (χ4n) is 3.89. The molecule has 1 fully saturated rings. The summed E-state index contributed by atoms with van der Waals surface area (Å²) >= 11 is 1.59. The molecule has 1 aromatic heterocycles. The Morgan fingerprint density at radius 2 is 1.81 bits per heavy atom. The van der Waals surface area contributed by atoms with Crippen LogP contribution in [0.5, 0.6) is 0 Å². The fraction of sp³-hybridized carbons (Fsp3) is 0.417. The second kappa shape index (κ2) is 10.3. The van der Waals surface area contributed by atoms with E-state index in [4.69, 9.17) is 9.72 Å². The van der Waals surface area contributed by atoms with Crippen molar-refractivity contribution in [2.24, 2.45) is 0 Å². The van der Waals surface area contributed by atoms with Crippen molar-refractivity contribution >= 4 is 32.6 Å². The van der Waals surface area contributed by atoms with E-state index in [1.54, 1.807) is 18.4 Å². The van der Waals surface area contributed by atoms with Gasteiger partial charge in [0.2, 0.25) is 5.91 Å². The number of nitrogens with zero attached hydrogens (tertiary/aromatic N) is 4. The first kappa shape index (κ1) is 21.9. The van der Waals surface area contributed by atoms with Crippen molar-refractivity contribution < 1.29 is 9.53 Å². The molecule has 1 saturated heterocycles. The normalized spacial score (nSPS) is 15.4. The summed E-state index contributed by atoms with van der Waals surface area (Å²) in [7, 11) is 1.74. The van der Waals surface area contributed by atoms with Gasteiger partial charge in [0.05, 0.1) is 29.9 Å². The van der Waals surface area contributed by atoms with Gasteiger partial charge in [-0.25, -0.2) is 4.98 Å². The molecule has 6 nitrogen and oxygen atoms in total. The summed E-state index contributed by atoms with van der Waals surface area (Å²) in [5.74, 6) is 0.103. The van der Waals surface area contributed by atoms with Gasteiger partial charge in [0.25, 0.3) is 0 Å². The molecule has 7 heteroatoms. The van der Waals surface area contributed by atoms with Gasteiger partial charge in [-0.3, -0.25) is 19.5 Å². The van der Waals surface area contributed by atoms with Crippen LogP contribution in [-0.4, -0.2) is 73.7 Å². The van der Waals surface area contributed by atoms with Gasteiger partial charge in [0.1, 0.15) is 0 Å². The van der Waals surface area contributed by atoms with E-state index in [0.717, 1.165) is 65.8 Å². The molecule has 4 rings (SSSR count). The van der Waals surface area contributed by atoms with E-state index in [9.17, 15) is 4.79 Å². The summed E-state index contributed by atoms with van der Waals surface area (Å²) in [6.45, 7) is 8.45. The van der Waals surface area contributed by atoms with Crippen LogP contribution in [0.3, 0.4) is 0 Å². The summed E-state index contributed by atoms with van der Waals surface area (Å²) in [4.78, 5) is 24.8. The fourth-order valence-corrected chi connectivity index (χ4v) is 4.95. The molecule has 2 aromatic carbocycles. The number of ether oxygens (including phenoxy) is 1. The number of para-hydroxylation sites is 1. The number of piperazine rings is 1. The number of aromatic nitrogens is 1. The zero-order valence-electron chi connectivity index (χ0n) is 18.3. The van der Waals surface area contributed by atoms with E-state index in [0.29, 0.717) is 13.1 Å². The third kappa shape index (κ3) is 5.49. The Morgan fingerprint density at radius 1 is 1.06 bits per heavy atom. The number of thiazole rings is 1. The molecule has 0 unspecified atom stereocenters. The molecule has 0 aliphatic carbocycles. The maximum absolute atomic E-state index is 13.4. The SMILES string of the molecule is COCCN1CCN(CC(=O)N(Cc2ccccc2)c2nc3c(C)cccc3s2)CC1. The van der Waals surface area contributed by atoms with Gasteiger partial charge in [0.15, 0.2) is 5.13 Å². The summed E-state index contributed by atoms with van der Waals surface area (Å²) < 4.78 is 6.30. The largest absolute Gasteiger partial charge is 0.383 e. The van der Waals surface area contributed by atoms with Crippen molar-refractivity contribution in [2.45, 2.75) is 13.5 Å². The molecular weight excluding hydrogens is 408 g/mol. The molecule has 164 valence electrons. The number of fused-ring (bicyclic) bond motifs is 1. The molecular formula is C24H30N4O2S. The van der Waals surface area contributed by atoms with Crippen LogP contribution in [0.15, 0.2) is 48.5 Å². The lowest BCUT2D eigenvalue weighted by Crippen LogP contribution is -2.50. The summed E-state index contributed by atoms with van der Waals surface area (Å²) in [5.41, 5.74) is 3.23. The quantitative estimate of drug-likeness (QED) is 0.540. The Labute approximate surface area is 188 Å². The van der Waals surface area contributed by atoms with Crippen LogP contribution in [-0.2, 0) is 16.1 Å². The molecule has 0 bridgehead atoms. The average Bonchev–Trinajstić information content (AvgIpc) is 3.23. The molecule has 31 heavy (non-hydrogen) atoms. The molecule has 0 N–H and O–H groups in total. The third-order valence-electron chi connectivity index (χ3n) is 5.76. The maximum atomic E-state index is 13.4. The molecule has 1 amide bonds. The summed E-state index contributed by atoms with van der Waals surface area (Å²) in [6, 6.07) is 16.3. The lowest BCUT2D eigenvalue weighted by atomic mass is 10.2. The molecule has 0 radical (unpaired) electrons. The Morgan fingerprint density at radius 3 is 2.52 bits per heavy atom. The topological polar surface area (TPSA) is 48.9 Å².